The van der Waals surface area contributed by atoms with Crippen LogP contribution in [0.5, 0.6) is 0 Å². The molecule has 1 N–H and O–H groups in total. The summed E-state index contributed by atoms with van der Waals surface area (Å²) in [5.74, 6) is 1.29. The molecule has 1 aliphatic heterocycles. The van der Waals surface area contributed by atoms with Crippen LogP contribution in [-0.2, 0) is 10.8 Å². The van der Waals surface area contributed by atoms with Gasteiger partial charge in [-0.05, 0) is 30.2 Å². The fourth-order valence-corrected chi connectivity index (χ4v) is 3.87. The van der Waals surface area contributed by atoms with Crippen LogP contribution in [0.3, 0.4) is 0 Å². The van der Waals surface area contributed by atoms with Gasteiger partial charge in [-0.1, -0.05) is 24.6 Å². The molecular formula is C12H15ClFNOS. The zero-order chi connectivity index (χ0) is 12.4. The number of hydrogen-bond acceptors (Lipinski definition) is 2. The molecule has 0 amide bonds. The van der Waals surface area contributed by atoms with Gasteiger partial charge in [0.15, 0.2) is 0 Å². The van der Waals surface area contributed by atoms with Gasteiger partial charge in [0.2, 0.25) is 0 Å². The summed E-state index contributed by atoms with van der Waals surface area (Å²) < 4.78 is 24.8. The lowest BCUT2D eigenvalue weighted by molar-refractivity contribution is 0.517. The summed E-state index contributed by atoms with van der Waals surface area (Å²) in [6.45, 7) is 2.88. The molecule has 0 aliphatic carbocycles. The van der Waals surface area contributed by atoms with E-state index in [9.17, 15) is 8.60 Å². The van der Waals surface area contributed by atoms with E-state index in [1.54, 1.807) is 6.07 Å². The molecule has 1 aliphatic rings. The van der Waals surface area contributed by atoms with Crippen LogP contribution in [0.25, 0.3) is 0 Å². The van der Waals surface area contributed by atoms with E-state index in [2.05, 4.69) is 12.2 Å². The Labute approximate surface area is 108 Å². The molecule has 94 valence electrons. The van der Waals surface area contributed by atoms with E-state index in [0.29, 0.717) is 22.4 Å². The van der Waals surface area contributed by atoms with E-state index in [0.717, 1.165) is 12.1 Å². The molecule has 0 saturated carbocycles. The summed E-state index contributed by atoms with van der Waals surface area (Å²) in [6, 6.07) is 4.31. The number of nitrogens with one attached hydrogen (secondary N) is 1. The highest BCUT2D eigenvalue weighted by Crippen LogP contribution is 2.26. The smallest absolute Gasteiger partial charge is 0.124 e. The Morgan fingerprint density at radius 3 is 2.94 bits per heavy atom. The molecule has 0 bridgehead atoms. The average Bonchev–Trinajstić information content (AvgIpc) is 2.39. The van der Waals surface area contributed by atoms with E-state index < -0.39 is 10.8 Å². The lowest BCUT2D eigenvalue weighted by atomic mass is 10.1. The Hall–Kier alpha value is -0.450. The van der Waals surface area contributed by atoms with Crippen LogP contribution in [0.1, 0.15) is 18.5 Å². The SMILES string of the molecule is CC1CNC(c2ccc(F)cc2Cl)CS(=O)C1. The quantitative estimate of drug-likeness (QED) is 0.853. The molecule has 1 saturated heterocycles. The minimum absolute atomic E-state index is 0.0473. The first-order valence-electron chi connectivity index (χ1n) is 5.59. The van der Waals surface area contributed by atoms with Crippen molar-refractivity contribution in [2.24, 2.45) is 5.92 Å². The molecule has 3 atom stereocenters. The largest absolute Gasteiger partial charge is 0.309 e. The van der Waals surface area contributed by atoms with Crippen molar-refractivity contribution >= 4 is 22.4 Å². The van der Waals surface area contributed by atoms with Crippen molar-refractivity contribution in [1.29, 1.82) is 0 Å². The third-order valence-corrected chi connectivity index (χ3v) is 4.85. The maximum atomic E-state index is 13.0. The fraction of sp³-hybridized carbons (Fsp3) is 0.500. The molecule has 0 radical (unpaired) electrons. The van der Waals surface area contributed by atoms with E-state index in [1.165, 1.54) is 12.1 Å². The van der Waals surface area contributed by atoms with Crippen LogP contribution in [0.2, 0.25) is 5.02 Å². The minimum Gasteiger partial charge on any atom is -0.309 e. The van der Waals surface area contributed by atoms with Crippen molar-refractivity contribution in [1.82, 2.24) is 5.32 Å². The molecule has 0 spiro atoms. The predicted octanol–water partition coefficient (Wildman–Crippen LogP) is 2.51. The van der Waals surface area contributed by atoms with Crippen molar-refractivity contribution in [2.45, 2.75) is 13.0 Å². The highest BCUT2D eigenvalue weighted by atomic mass is 35.5. The van der Waals surface area contributed by atoms with E-state index in [-0.39, 0.29) is 11.9 Å². The number of hydrogen-bond donors (Lipinski definition) is 1. The molecule has 1 aromatic rings. The van der Waals surface area contributed by atoms with Crippen molar-refractivity contribution in [3.8, 4) is 0 Å². The highest BCUT2D eigenvalue weighted by Gasteiger charge is 2.23. The van der Waals surface area contributed by atoms with Crippen molar-refractivity contribution < 1.29 is 8.60 Å². The van der Waals surface area contributed by atoms with E-state index in [4.69, 9.17) is 11.6 Å². The van der Waals surface area contributed by atoms with Crippen LogP contribution in [0.4, 0.5) is 4.39 Å². The summed E-state index contributed by atoms with van der Waals surface area (Å²) in [5.41, 5.74) is 0.829. The second-order valence-electron chi connectivity index (χ2n) is 4.51. The van der Waals surface area contributed by atoms with Gasteiger partial charge >= 0.3 is 0 Å². The van der Waals surface area contributed by atoms with Crippen LogP contribution < -0.4 is 5.32 Å². The molecule has 5 heteroatoms. The standard InChI is InChI=1S/C12H15ClFNOS/c1-8-5-15-12(7-17(16)6-8)10-3-2-9(14)4-11(10)13/h2-4,8,12,15H,5-7H2,1H3. The lowest BCUT2D eigenvalue weighted by Crippen LogP contribution is -2.26. The van der Waals surface area contributed by atoms with E-state index >= 15 is 0 Å². The topological polar surface area (TPSA) is 29.1 Å². The highest BCUT2D eigenvalue weighted by molar-refractivity contribution is 7.85. The van der Waals surface area contributed by atoms with Crippen molar-refractivity contribution in [3.05, 3.63) is 34.6 Å². The Morgan fingerprint density at radius 2 is 2.24 bits per heavy atom. The number of rotatable bonds is 1. The minimum atomic E-state index is -0.847. The lowest BCUT2D eigenvalue weighted by Gasteiger charge is -2.17. The first-order chi connectivity index (χ1) is 8.06. The monoisotopic (exact) mass is 275 g/mol. The molecule has 0 aromatic heterocycles. The van der Waals surface area contributed by atoms with Gasteiger partial charge in [-0.15, -0.1) is 0 Å². The third-order valence-electron chi connectivity index (χ3n) is 2.87. The van der Waals surface area contributed by atoms with E-state index in [1.807, 2.05) is 0 Å². The van der Waals surface area contributed by atoms with Gasteiger partial charge in [-0.2, -0.15) is 0 Å². The van der Waals surface area contributed by atoms with Gasteiger partial charge in [0.1, 0.15) is 5.82 Å². The van der Waals surface area contributed by atoms with Gasteiger partial charge in [0, 0.05) is 33.4 Å². The maximum absolute atomic E-state index is 13.0. The van der Waals surface area contributed by atoms with Crippen LogP contribution in [0.15, 0.2) is 18.2 Å². The number of benzene rings is 1. The Kier molecular flexibility index (Phi) is 4.17. The fourth-order valence-electron chi connectivity index (χ4n) is 2.02. The van der Waals surface area contributed by atoms with Crippen molar-refractivity contribution in [3.63, 3.8) is 0 Å². The summed E-state index contributed by atoms with van der Waals surface area (Å²) >= 11 is 6.02. The molecule has 3 unspecified atom stereocenters. The van der Waals surface area contributed by atoms with Gasteiger partial charge in [0.05, 0.1) is 0 Å². The second kappa shape index (κ2) is 5.46. The van der Waals surface area contributed by atoms with Gasteiger partial charge in [-0.3, -0.25) is 4.21 Å². The molecule has 17 heavy (non-hydrogen) atoms. The normalized spacial score (nSPS) is 29.9. The third kappa shape index (κ3) is 3.27. The zero-order valence-corrected chi connectivity index (χ0v) is 11.2. The molecule has 2 nitrogen and oxygen atoms in total. The predicted molar refractivity (Wildman–Crippen MR) is 69.2 cm³/mol. The number of halogens is 2. The van der Waals surface area contributed by atoms with Crippen LogP contribution in [-0.4, -0.2) is 22.3 Å². The van der Waals surface area contributed by atoms with Gasteiger partial charge < -0.3 is 5.32 Å². The molecule has 1 fully saturated rings. The summed E-state index contributed by atoms with van der Waals surface area (Å²) in [4.78, 5) is 0. The van der Waals surface area contributed by atoms with Gasteiger partial charge in [-0.25, -0.2) is 4.39 Å². The molecule has 1 aromatic carbocycles. The Morgan fingerprint density at radius 1 is 1.47 bits per heavy atom. The van der Waals surface area contributed by atoms with Gasteiger partial charge in [0.25, 0.3) is 0 Å². The summed E-state index contributed by atoms with van der Waals surface area (Å²) in [7, 11) is -0.847. The van der Waals surface area contributed by atoms with Crippen LogP contribution >= 0.6 is 11.6 Å². The molecular weight excluding hydrogens is 261 g/mol. The maximum Gasteiger partial charge on any atom is 0.124 e. The first-order valence-corrected chi connectivity index (χ1v) is 7.46. The second-order valence-corrected chi connectivity index (χ2v) is 6.46. The van der Waals surface area contributed by atoms with Crippen LogP contribution in [0, 0.1) is 11.7 Å². The first kappa shape index (κ1) is 13.0. The molecule has 1 heterocycles. The molecule has 2 rings (SSSR count). The average molecular weight is 276 g/mol. The Balaban J connectivity index is 2.23. The Bertz CT molecular complexity index is 441. The summed E-state index contributed by atoms with van der Waals surface area (Å²) in [6.07, 6.45) is 0. The summed E-state index contributed by atoms with van der Waals surface area (Å²) in [5, 5.41) is 3.74. The zero-order valence-electron chi connectivity index (χ0n) is 9.58. The van der Waals surface area contributed by atoms with Crippen molar-refractivity contribution in [2.75, 3.05) is 18.1 Å².